The molecule has 2 heterocycles. The van der Waals surface area contributed by atoms with Gasteiger partial charge in [-0.15, -0.1) is 0 Å². The summed E-state index contributed by atoms with van der Waals surface area (Å²) in [5.74, 6) is -8.41. The van der Waals surface area contributed by atoms with Gasteiger partial charge in [-0.1, -0.05) is 30.3 Å². The topological polar surface area (TPSA) is 69.3 Å². The molecule has 0 atom stereocenters. The number of hydrogen-bond acceptors (Lipinski definition) is 4. The van der Waals surface area contributed by atoms with Crippen LogP contribution in [0.4, 0.5) is 23.2 Å². The van der Waals surface area contributed by atoms with Crippen LogP contribution in [0.1, 0.15) is 21.9 Å². The van der Waals surface area contributed by atoms with Crippen LogP contribution in [0.2, 0.25) is 0 Å². The van der Waals surface area contributed by atoms with Gasteiger partial charge in [0.25, 0.3) is 5.91 Å². The minimum atomic E-state index is -1.67. The number of aromatic nitrogens is 2. The number of nitrogens with one attached hydrogen (secondary N) is 1. The average Bonchev–Trinajstić information content (AvgIpc) is 3.43. The molecule has 0 unspecified atom stereocenters. The lowest BCUT2D eigenvalue weighted by molar-refractivity contribution is 0.0992. The maximum atomic E-state index is 13.7. The lowest BCUT2D eigenvalue weighted by Crippen LogP contribution is -2.10. The van der Waals surface area contributed by atoms with Crippen molar-refractivity contribution in [3.63, 3.8) is 0 Å². The summed E-state index contributed by atoms with van der Waals surface area (Å²) < 4.78 is 65.5. The van der Waals surface area contributed by atoms with Crippen LogP contribution in [-0.4, -0.2) is 15.7 Å². The van der Waals surface area contributed by atoms with Gasteiger partial charge in [0.1, 0.15) is 12.4 Å². The molecule has 0 aliphatic heterocycles. The number of furan rings is 1. The van der Waals surface area contributed by atoms with Gasteiger partial charge in [0.05, 0.1) is 18.4 Å². The number of halogens is 4. The Bertz CT molecular complexity index is 1230. The SMILES string of the molecule is O=C(Nc1cnn(Cc2ccccc2)c1)c1ccc(COc2c(F)c(F)cc(F)c2F)o1. The Hall–Kier alpha value is -4.08. The standard InChI is InChI=1S/C22H15F4N3O3/c23-16-8-17(24)20(26)21(19(16)25)31-12-15-6-7-18(32-15)22(30)28-14-9-27-29(11-14)10-13-4-2-1-3-5-13/h1-9,11H,10,12H2,(H,28,30). The zero-order valence-electron chi connectivity index (χ0n) is 16.3. The predicted molar refractivity (Wildman–Crippen MR) is 105 cm³/mol. The molecule has 1 amide bonds. The maximum Gasteiger partial charge on any atom is 0.291 e. The zero-order chi connectivity index (χ0) is 22.7. The Balaban J connectivity index is 1.37. The van der Waals surface area contributed by atoms with Crippen LogP contribution in [0.15, 0.2) is 65.3 Å². The number of carbonyl (C=O) groups is 1. The minimum absolute atomic E-state index is 0.0124. The van der Waals surface area contributed by atoms with Crippen molar-refractivity contribution < 1.29 is 31.5 Å². The van der Waals surface area contributed by atoms with E-state index in [0.717, 1.165) is 5.56 Å². The van der Waals surface area contributed by atoms with E-state index in [0.29, 0.717) is 12.2 Å². The van der Waals surface area contributed by atoms with E-state index in [4.69, 9.17) is 9.15 Å². The molecule has 0 aliphatic rings. The summed E-state index contributed by atoms with van der Waals surface area (Å²) in [6.45, 7) is -0.0359. The Morgan fingerprint density at radius 1 is 1.03 bits per heavy atom. The third-order valence-corrected chi connectivity index (χ3v) is 4.39. The molecule has 0 radical (unpaired) electrons. The number of hydrogen-bond donors (Lipinski definition) is 1. The summed E-state index contributed by atoms with van der Waals surface area (Å²) in [7, 11) is 0. The van der Waals surface area contributed by atoms with E-state index >= 15 is 0 Å². The monoisotopic (exact) mass is 445 g/mol. The second-order valence-electron chi connectivity index (χ2n) is 6.72. The molecule has 0 saturated carbocycles. The summed E-state index contributed by atoms with van der Waals surface area (Å²) in [4.78, 5) is 12.4. The number of anilines is 1. The molecule has 0 saturated heterocycles. The molecule has 2 aromatic carbocycles. The molecule has 0 fully saturated rings. The lowest BCUT2D eigenvalue weighted by Gasteiger charge is -2.08. The molecule has 2 aromatic heterocycles. The minimum Gasteiger partial charge on any atom is -0.479 e. The highest BCUT2D eigenvalue weighted by atomic mass is 19.2. The number of ether oxygens (including phenoxy) is 1. The zero-order valence-corrected chi connectivity index (χ0v) is 16.3. The molecule has 164 valence electrons. The predicted octanol–water partition coefficient (Wildman–Crippen LogP) is 4.91. The van der Waals surface area contributed by atoms with E-state index in [2.05, 4.69) is 10.4 Å². The molecule has 0 aliphatic carbocycles. The molecule has 4 aromatic rings. The van der Waals surface area contributed by atoms with Gasteiger partial charge in [0.15, 0.2) is 23.1 Å². The molecule has 0 bridgehead atoms. The fraction of sp³-hybridized carbons (Fsp3) is 0.0909. The maximum absolute atomic E-state index is 13.7. The van der Waals surface area contributed by atoms with Crippen molar-refractivity contribution in [1.82, 2.24) is 9.78 Å². The van der Waals surface area contributed by atoms with Gasteiger partial charge in [0.2, 0.25) is 11.6 Å². The molecular formula is C22H15F4N3O3. The first-order chi connectivity index (χ1) is 15.4. The van der Waals surface area contributed by atoms with Crippen LogP contribution in [-0.2, 0) is 13.2 Å². The summed E-state index contributed by atoms with van der Waals surface area (Å²) in [5.41, 5.74) is 1.47. The number of amides is 1. The van der Waals surface area contributed by atoms with Gasteiger partial charge in [-0.3, -0.25) is 9.48 Å². The second kappa shape index (κ2) is 8.96. The molecular weight excluding hydrogens is 430 g/mol. The van der Waals surface area contributed by atoms with Crippen molar-refractivity contribution in [3.8, 4) is 5.75 Å². The summed E-state index contributed by atoms with van der Waals surface area (Å²) in [5, 5.41) is 6.78. The first-order valence-electron chi connectivity index (χ1n) is 9.33. The smallest absolute Gasteiger partial charge is 0.291 e. The highest BCUT2D eigenvalue weighted by Gasteiger charge is 2.21. The first kappa shape index (κ1) is 21.2. The van der Waals surface area contributed by atoms with E-state index < -0.39 is 41.5 Å². The van der Waals surface area contributed by atoms with Crippen molar-refractivity contribution in [2.75, 3.05) is 5.32 Å². The highest BCUT2D eigenvalue weighted by molar-refractivity contribution is 6.02. The van der Waals surface area contributed by atoms with Gasteiger partial charge >= 0.3 is 0 Å². The Morgan fingerprint density at radius 3 is 2.47 bits per heavy atom. The number of benzene rings is 2. The first-order valence-corrected chi connectivity index (χ1v) is 9.33. The number of carbonyl (C=O) groups excluding carboxylic acids is 1. The molecule has 10 heteroatoms. The molecule has 4 rings (SSSR count). The lowest BCUT2D eigenvalue weighted by atomic mass is 10.2. The normalized spacial score (nSPS) is 10.9. The van der Waals surface area contributed by atoms with Gasteiger partial charge in [-0.25, -0.2) is 8.78 Å². The second-order valence-corrected chi connectivity index (χ2v) is 6.72. The van der Waals surface area contributed by atoms with E-state index in [9.17, 15) is 22.4 Å². The Kier molecular flexibility index (Phi) is 5.93. The van der Waals surface area contributed by atoms with Gasteiger partial charge in [-0.2, -0.15) is 13.9 Å². The van der Waals surface area contributed by atoms with Gasteiger partial charge in [-0.05, 0) is 17.7 Å². The van der Waals surface area contributed by atoms with Crippen molar-refractivity contribution in [1.29, 1.82) is 0 Å². The Morgan fingerprint density at radius 2 is 1.75 bits per heavy atom. The third kappa shape index (κ3) is 4.64. The van der Waals surface area contributed by atoms with Gasteiger partial charge in [0, 0.05) is 12.3 Å². The van der Waals surface area contributed by atoms with Crippen LogP contribution in [0.25, 0.3) is 0 Å². The highest BCUT2D eigenvalue weighted by Crippen LogP contribution is 2.27. The van der Waals surface area contributed by atoms with E-state index in [1.807, 2.05) is 30.3 Å². The van der Waals surface area contributed by atoms with Crippen LogP contribution in [0.3, 0.4) is 0 Å². The molecule has 32 heavy (non-hydrogen) atoms. The van der Waals surface area contributed by atoms with Gasteiger partial charge < -0.3 is 14.5 Å². The van der Waals surface area contributed by atoms with Crippen molar-refractivity contribution in [2.24, 2.45) is 0 Å². The summed E-state index contributed by atoms with van der Waals surface area (Å²) >= 11 is 0. The van der Waals surface area contributed by atoms with E-state index in [-0.39, 0.29) is 17.6 Å². The van der Waals surface area contributed by atoms with Crippen molar-refractivity contribution in [2.45, 2.75) is 13.2 Å². The fourth-order valence-corrected chi connectivity index (χ4v) is 2.88. The quantitative estimate of drug-likeness (QED) is 0.324. The third-order valence-electron chi connectivity index (χ3n) is 4.39. The summed E-state index contributed by atoms with van der Waals surface area (Å²) in [6.07, 6.45) is 3.11. The van der Waals surface area contributed by atoms with E-state index in [1.165, 1.54) is 18.3 Å². The van der Waals surface area contributed by atoms with Crippen LogP contribution in [0, 0.1) is 23.3 Å². The van der Waals surface area contributed by atoms with Crippen molar-refractivity contribution in [3.05, 3.63) is 101 Å². The molecule has 6 nitrogen and oxygen atoms in total. The van der Waals surface area contributed by atoms with Crippen molar-refractivity contribution >= 4 is 11.6 Å². The summed E-state index contributed by atoms with van der Waals surface area (Å²) in [6, 6.07) is 12.4. The van der Waals surface area contributed by atoms with E-state index in [1.54, 1.807) is 10.9 Å². The van der Waals surface area contributed by atoms with Crippen LogP contribution in [0.5, 0.6) is 5.75 Å². The fourth-order valence-electron chi connectivity index (χ4n) is 2.88. The average molecular weight is 445 g/mol. The Labute approximate surface area is 179 Å². The molecule has 0 spiro atoms. The largest absolute Gasteiger partial charge is 0.479 e. The van der Waals surface area contributed by atoms with Crippen LogP contribution >= 0.6 is 0 Å². The number of nitrogens with zero attached hydrogens (tertiary/aromatic N) is 2. The molecule has 1 N–H and O–H groups in total. The number of rotatable bonds is 7. The van der Waals surface area contributed by atoms with Crippen LogP contribution < -0.4 is 10.1 Å².